The van der Waals surface area contributed by atoms with E-state index >= 15 is 0 Å². The molecule has 1 aliphatic heterocycles. The Morgan fingerprint density at radius 1 is 0.745 bits per heavy atom. The molecule has 0 saturated carbocycles. The number of nitrogens with zero attached hydrogens (tertiary/aromatic N) is 2. The van der Waals surface area contributed by atoms with Crippen molar-refractivity contribution in [1.29, 1.82) is 0 Å². The van der Waals surface area contributed by atoms with E-state index in [1.165, 1.54) is 43.5 Å². The first kappa shape index (κ1) is 32.4. The van der Waals surface area contributed by atoms with Gasteiger partial charge in [0.25, 0.3) is 0 Å². The molecule has 1 aliphatic rings. The van der Waals surface area contributed by atoms with Gasteiger partial charge < -0.3 is 18.8 Å². The van der Waals surface area contributed by atoms with Crippen molar-refractivity contribution in [3.63, 3.8) is 0 Å². The van der Waals surface area contributed by atoms with Crippen molar-refractivity contribution in [3.8, 4) is 28.5 Å². The van der Waals surface area contributed by atoms with Gasteiger partial charge in [-0.2, -0.15) is 0 Å². The van der Waals surface area contributed by atoms with Crippen LogP contribution in [0, 0.1) is 12.3 Å². The Bertz CT molecular complexity index is 1780. The van der Waals surface area contributed by atoms with Gasteiger partial charge in [-0.15, -0.1) is 0 Å². The van der Waals surface area contributed by atoms with Crippen LogP contribution >= 0.6 is 0 Å². The number of aryl methyl sites for hydroxylation is 1. The van der Waals surface area contributed by atoms with Gasteiger partial charge in [0.15, 0.2) is 0 Å². The number of aromatic nitrogens is 1. The molecule has 244 valence electrons. The summed E-state index contributed by atoms with van der Waals surface area (Å²) in [6, 6.07) is 32.9. The molecule has 0 aliphatic carbocycles. The summed E-state index contributed by atoms with van der Waals surface area (Å²) >= 11 is 0. The highest BCUT2D eigenvalue weighted by atomic mass is 16.5. The van der Waals surface area contributed by atoms with Crippen molar-refractivity contribution in [2.45, 2.75) is 60.1 Å². The van der Waals surface area contributed by atoms with Crippen molar-refractivity contribution in [1.82, 2.24) is 9.47 Å². The summed E-state index contributed by atoms with van der Waals surface area (Å²) in [5.74, 6) is 2.03. The molecule has 0 unspecified atom stereocenters. The van der Waals surface area contributed by atoms with Crippen molar-refractivity contribution in [2.24, 2.45) is 5.41 Å². The van der Waals surface area contributed by atoms with Gasteiger partial charge in [0.1, 0.15) is 30.5 Å². The van der Waals surface area contributed by atoms with E-state index in [2.05, 4.69) is 71.0 Å². The Kier molecular flexibility index (Phi) is 9.98. The first-order chi connectivity index (χ1) is 22.7. The minimum absolute atomic E-state index is 0.252. The highest BCUT2D eigenvalue weighted by molar-refractivity contribution is 5.92. The van der Waals surface area contributed by atoms with Crippen LogP contribution in [0.15, 0.2) is 97.1 Å². The second-order valence-electron chi connectivity index (χ2n) is 13.6. The smallest absolute Gasteiger partial charge is 0.316 e. The maximum Gasteiger partial charge on any atom is 0.316 e. The van der Waals surface area contributed by atoms with Gasteiger partial charge in [0.2, 0.25) is 0 Å². The number of hydrogen-bond acceptors (Lipinski definition) is 5. The Hall–Kier alpha value is -4.55. The number of hydrogen-bond donors (Lipinski definition) is 0. The van der Waals surface area contributed by atoms with Gasteiger partial charge >= 0.3 is 5.97 Å². The van der Waals surface area contributed by atoms with Gasteiger partial charge in [-0.25, -0.2) is 0 Å². The Labute approximate surface area is 278 Å². The monoisotopic (exact) mass is 630 g/mol. The molecule has 0 radical (unpaired) electrons. The molecule has 6 rings (SSSR count). The minimum atomic E-state index is -0.574. The van der Waals surface area contributed by atoms with Crippen LogP contribution < -0.4 is 14.2 Å². The highest BCUT2D eigenvalue weighted by Crippen LogP contribution is 2.37. The summed E-state index contributed by atoms with van der Waals surface area (Å²) in [6.45, 7) is 13.0. The third-order valence-electron chi connectivity index (χ3n) is 8.88. The van der Waals surface area contributed by atoms with Gasteiger partial charge in [-0.05, 0) is 130 Å². The molecule has 47 heavy (non-hydrogen) atoms. The van der Waals surface area contributed by atoms with Crippen LogP contribution in [0.1, 0.15) is 56.7 Å². The lowest BCUT2D eigenvalue weighted by molar-refractivity contribution is -0.143. The number of likely N-dealkylation sites (tertiary alicyclic amines) is 1. The van der Waals surface area contributed by atoms with Crippen LogP contribution in [0.25, 0.3) is 22.2 Å². The summed E-state index contributed by atoms with van der Waals surface area (Å²) in [4.78, 5) is 15.0. The average Bonchev–Trinajstić information content (AvgIpc) is 3.35. The fourth-order valence-electron chi connectivity index (χ4n) is 6.16. The third kappa shape index (κ3) is 8.06. The van der Waals surface area contributed by atoms with E-state index in [0.29, 0.717) is 25.5 Å². The molecule has 4 aromatic carbocycles. The quantitative estimate of drug-likeness (QED) is 0.108. The predicted molar refractivity (Wildman–Crippen MR) is 189 cm³/mol. The van der Waals surface area contributed by atoms with E-state index in [9.17, 15) is 4.79 Å². The van der Waals surface area contributed by atoms with Crippen molar-refractivity contribution in [2.75, 3.05) is 26.2 Å². The van der Waals surface area contributed by atoms with Crippen molar-refractivity contribution in [3.05, 3.63) is 114 Å². The van der Waals surface area contributed by atoms with E-state index in [0.717, 1.165) is 45.8 Å². The van der Waals surface area contributed by atoms with Gasteiger partial charge in [-0.1, -0.05) is 48.9 Å². The molecule has 0 N–H and O–H groups in total. The van der Waals surface area contributed by atoms with E-state index in [1.807, 2.05) is 63.2 Å². The van der Waals surface area contributed by atoms with Crippen molar-refractivity contribution >= 4 is 16.9 Å². The molecule has 0 amide bonds. The Morgan fingerprint density at radius 2 is 1.43 bits per heavy atom. The maximum atomic E-state index is 12.5. The first-order valence-electron chi connectivity index (χ1n) is 16.8. The molecular formula is C41H46N2O4. The van der Waals surface area contributed by atoms with E-state index in [-0.39, 0.29) is 5.97 Å². The standard InChI is InChI=1S/C41H46N2O4/c1-30-37-27-36(46-29-32-11-7-5-8-12-32)21-22-38(37)43(39(30)33-15-19-35(20-16-33)47-40(44)41(2,3)4)28-31-13-17-34(18-14-31)45-26-25-42-23-9-6-10-24-42/h5,7-8,11-22,27H,6,9-10,23-26,28-29H2,1-4H3. The van der Waals surface area contributed by atoms with Gasteiger partial charge in [0, 0.05) is 24.0 Å². The van der Waals surface area contributed by atoms with Crippen LogP contribution in [-0.2, 0) is 17.9 Å². The molecule has 0 spiro atoms. The topological polar surface area (TPSA) is 52.9 Å². The fraction of sp³-hybridized carbons (Fsp3) is 0.341. The van der Waals surface area contributed by atoms with Crippen LogP contribution in [-0.4, -0.2) is 41.7 Å². The lowest BCUT2D eigenvalue weighted by Crippen LogP contribution is -2.33. The Morgan fingerprint density at radius 3 is 2.13 bits per heavy atom. The summed E-state index contributed by atoms with van der Waals surface area (Å²) in [7, 11) is 0. The Balaban J connectivity index is 1.26. The molecule has 6 nitrogen and oxygen atoms in total. The molecule has 2 heterocycles. The number of benzene rings is 4. The van der Waals surface area contributed by atoms with Crippen LogP contribution in [0.5, 0.6) is 17.2 Å². The third-order valence-corrected chi connectivity index (χ3v) is 8.88. The number of esters is 1. The first-order valence-corrected chi connectivity index (χ1v) is 16.8. The summed E-state index contributed by atoms with van der Waals surface area (Å²) < 4.78 is 20.4. The summed E-state index contributed by atoms with van der Waals surface area (Å²) in [5, 5.41) is 1.14. The van der Waals surface area contributed by atoms with Crippen LogP contribution in [0.3, 0.4) is 0 Å². The fourth-order valence-corrected chi connectivity index (χ4v) is 6.16. The molecule has 0 bridgehead atoms. The normalized spacial score (nSPS) is 13.9. The number of carbonyl (C=O) groups is 1. The molecule has 6 heteroatoms. The SMILES string of the molecule is Cc1c(-c2ccc(OC(=O)C(C)(C)C)cc2)n(Cc2ccc(OCCN3CCCCC3)cc2)c2ccc(OCc3ccccc3)cc12. The van der Waals surface area contributed by atoms with E-state index in [4.69, 9.17) is 14.2 Å². The molecule has 5 aromatic rings. The highest BCUT2D eigenvalue weighted by Gasteiger charge is 2.24. The van der Waals surface area contributed by atoms with Crippen LogP contribution in [0.2, 0.25) is 0 Å². The lowest BCUT2D eigenvalue weighted by atomic mass is 9.97. The number of piperidine rings is 1. The van der Waals surface area contributed by atoms with Gasteiger partial charge in [-0.3, -0.25) is 9.69 Å². The number of ether oxygens (including phenoxy) is 3. The largest absolute Gasteiger partial charge is 0.492 e. The zero-order chi connectivity index (χ0) is 32.8. The van der Waals surface area contributed by atoms with Crippen LogP contribution in [0.4, 0.5) is 0 Å². The van der Waals surface area contributed by atoms with Gasteiger partial charge in [0.05, 0.1) is 11.1 Å². The predicted octanol–water partition coefficient (Wildman–Crippen LogP) is 9.06. The lowest BCUT2D eigenvalue weighted by Gasteiger charge is -2.26. The van der Waals surface area contributed by atoms with E-state index < -0.39 is 5.41 Å². The molecule has 0 atom stereocenters. The molecule has 1 saturated heterocycles. The zero-order valence-corrected chi connectivity index (χ0v) is 28.1. The molecule has 1 fully saturated rings. The van der Waals surface area contributed by atoms with Crippen molar-refractivity contribution < 1.29 is 19.0 Å². The zero-order valence-electron chi connectivity index (χ0n) is 28.1. The molecular weight excluding hydrogens is 584 g/mol. The molecule has 1 aromatic heterocycles. The number of fused-ring (bicyclic) bond motifs is 1. The van der Waals surface area contributed by atoms with E-state index in [1.54, 1.807) is 0 Å². The maximum absolute atomic E-state index is 12.5. The average molecular weight is 631 g/mol. The summed E-state index contributed by atoms with van der Waals surface area (Å²) in [6.07, 6.45) is 3.93. The number of carbonyl (C=O) groups excluding carboxylic acids is 1. The number of rotatable bonds is 11. The second-order valence-corrected chi connectivity index (χ2v) is 13.6. The second kappa shape index (κ2) is 14.5. The summed E-state index contributed by atoms with van der Waals surface area (Å²) in [5.41, 5.74) is 6.22. The minimum Gasteiger partial charge on any atom is -0.492 e.